The van der Waals surface area contributed by atoms with Crippen LogP contribution in [0, 0.1) is 5.92 Å². The van der Waals surface area contributed by atoms with Crippen LogP contribution in [0.5, 0.6) is 0 Å². The van der Waals surface area contributed by atoms with Gasteiger partial charge in [-0.1, -0.05) is 71.1 Å². The van der Waals surface area contributed by atoms with Crippen molar-refractivity contribution in [3.05, 3.63) is 0 Å². The fraction of sp³-hybridized carbons (Fsp3) is 1.00. The first-order valence-corrected chi connectivity index (χ1v) is 5.93. The molecule has 0 atom stereocenters. The van der Waals surface area contributed by atoms with Crippen LogP contribution in [-0.4, -0.2) is 0 Å². The van der Waals surface area contributed by atoms with E-state index in [1.807, 2.05) is 0 Å². The molecule has 72 valence electrons. The second kappa shape index (κ2) is 6.51. The quantitative estimate of drug-likeness (QED) is 0.427. The summed E-state index contributed by atoms with van der Waals surface area (Å²) in [5.74, 6) is 1.10. The van der Waals surface area contributed by atoms with E-state index >= 15 is 0 Å². The molecule has 1 saturated carbocycles. The minimum atomic E-state index is 1.10. The van der Waals surface area contributed by atoms with Gasteiger partial charge in [-0.15, -0.1) is 0 Å². The van der Waals surface area contributed by atoms with Gasteiger partial charge in [-0.25, -0.2) is 0 Å². The molecular formula is C12H24. The summed E-state index contributed by atoms with van der Waals surface area (Å²) in [6.45, 7) is 2.30. The summed E-state index contributed by atoms with van der Waals surface area (Å²) >= 11 is 0. The molecule has 1 aliphatic rings. The van der Waals surface area contributed by atoms with E-state index in [4.69, 9.17) is 0 Å². The van der Waals surface area contributed by atoms with Crippen LogP contribution >= 0.6 is 0 Å². The number of hydrogen-bond donors (Lipinski definition) is 0. The summed E-state index contributed by atoms with van der Waals surface area (Å²) in [6, 6.07) is 0. The van der Waals surface area contributed by atoms with Crippen molar-refractivity contribution in [1.29, 1.82) is 0 Å². The third-order valence-corrected chi connectivity index (χ3v) is 3.19. The normalized spacial score (nSPS) is 20.8. The Bertz CT molecular complexity index is 88.2. The molecular weight excluding hydrogens is 144 g/mol. The lowest BCUT2D eigenvalue weighted by molar-refractivity contribution is 0.409. The molecule has 0 aliphatic heterocycles. The summed E-state index contributed by atoms with van der Waals surface area (Å²) in [4.78, 5) is 0. The minimum absolute atomic E-state index is 1.10. The molecule has 0 bridgehead atoms. The van der Waals surface area contributed by atoms with Gasteiger partial charge in [0.25, 0.3) is 0 Å². The van der Waals surface area contributed by atoms with E-state index in [1.165, 1.54) is 64.2 Å². The van der Waals surface area contributed by atoms with E-state index in [0.717, 1.165) is 5.92 Å². The van der Waals surface area contributed by atoms with Gasteiger partial charge in [0.05, 0.1) is 0 Å². The van der Waals surface area contributed by atoms with Gasteiger partial charge < -0.3 is 0 Å². The van der Waals surface area contributed by atoms with Crippen molar-refractivity contribution in [2.24, 2.45) is 5.92 Å². The third-order valence-electron chi connectivity index (χ3n) is 3.19. The van der Waals surface area contributed by atoms with Gasteiger partial charge in [0.1, 0.15) is 0 Å². The molecule has 0 heterocycles. The lowest BCUT2D eigenvalue weighted by Crippen LogP contribution is -1.97. The zero-order valence-electron chi connectivity index (χ0n) is 8.65. The van der Waals surface area contributed by atoms with E-state index in [-0.39, 0.29) is 0 Å². The fourth-order valence-electron chi connectivity index (χ4n) is 2.34. The average molecular weight is 168 g/mol. The molecule has 0 aromatic heterocycles. The van der Waals surface area contributed by atoms with Crippen molar-refractivity contribution in [2.75, 3.05) is 0 Å². The van der Waals surface area contributed by atoms with Crippen LogP contribution in [0.15, 0.2) is 0 Å². The van der Waals surface area contributed by atoms with Gasteiger partial charge in [-0.3, -0.25) is 0 Å². The lowest BCUT2D eigenvalue weighted by Gasteiger charge is -2.12. The van der Waals surface area contributed by atoms with Gasteiger partial charge in [0.15, 0.2) is 0 Å². The second-order valence-electron chi connectivity index (χ2n) is 4.35. The van der Waals surface area contributed by atoms with Crippen LogP contribution in [0.2, 0.25) is 0 Å². The molecule has 1 rings (SSSR count). The van der Waals surface area contributed by atoms with Crippen LogP contribution < -0.4 is 0 Å². The van der Waals surface area contributed by atoms with Crippen LogP contribution in [0.25, 0.3) is 0 Å². The molecule has 0 saturated heterocycles. The summed E-state index contributed by atoms with van der Waals surface area (Å²) in [5.41, 5.74) is 0. The molecule has 0 spiro atoms. The van der Waals surface area contributed by atoms with Crippen molar-refractivity contribution in [3.8, 4) is 0 Å². The van der Waals surface area contributed by atoms with Gasteiger partial charge in [0, 0.05) is 0 Å². The van der Waals surface area contributed by atoms with Crippen LogP contribution in [0.4, 0.5) is 0 Å². The molecule has 0 aromatic carbocycles. The van der Waals surface area contributed by atoms with E-state index < -0.39 is 0 Å². The average Bonchev–Trinajstić information content (AvgIpc) is 2.33. The maximum Gasteiger partial charge on any atom is -0.0414 e. The smallest absolute Gasteiger partial charge is 0.0414 e. The Kier molecular flexibility index (Phi) is 5.47. The summed E-state index contributed by atoms with van der Waals surface area (Å²) < 4.78 is 0. The Morgan fingerprint density at radius 2 is 1.58 bits per heavy atom. The van der Waals surface area contributed by atoms with Gasteiger partial charge in [-0.2, -0.15) is 0 Å². The highest BCUT2D eigenvalue weighted by Gasteiger charge is 2.10. The Hall–Kier alpha value is 0. The zero-order chi connectivity index (χ0) is 8.65. The largest absolute Gasteiger partial charge is 0.0654 e. The highest BCUT2D eigenvalue weighted by Crippen LogP contribution is 2.26. The van der Waals surface area contributed by atoms with Crippen LogP contribution in [0.3, 0.4) is 0 Å². The van der Waals surface area contributed by atoms with Crippen molar-refractivity contribution < 1.29 is 0 Å². The zero-order valence-corrected chi connectivity index (χ0v) is 8.65. The minimum Gasteiger partial charge on any atom is -0.0654 e. The van der Waals surface area contributed by atoms with Crippen molar-refractivity contribution >= 4 is 0 Å². The summed E-state index contributed by atoms with van der Waals surface area (Å²) in [5, 5.41) is 0. The second-order valence-corrected chi connectivity index (χ2v) is 4.35. The number of rotatable bonds is 4. The molecule has 0 N–H and O–H groups in total. The van der Waals surface area contributed by atoms with Gasteiger partial charge in [-0.05, 0) is 5.92 Å². The first-order valence-electron chi connectivity index (χ1n) is 5.93. The van der Waals surface area contributed by atoms with E-state index in [2.05, 4.69) is 6.92 Å². The lowest BCUT2D eigenvalue weighted by atomic mass is 9.94. The predicted octanol–water partition coefficient (Wildman–Crippen LogP) is 4.54. The molecule has 0 amide bonds. The molecule has 0 nitrogen and oxygen atoms in total. The van der Waals surface area contributed by atoms with Crippen molar-refractivity contribution in [3.63, 3.8) is 0 Å². The first-order chi connectivity index (χ1) is 5.93. The van der Waals surface area contributed by atoms with E-state index in [0.29, 0.717) is 0 Å². The number of unbranched alkanes of at least 4 members (excludes halogenated alkanes) is 2. The summed E-state index contributed by atoms with van der Waals surface area (Å²) in [6.07, 6.45) is 14.9. The van der Waals surface area contributed by atoms with Crippen LogP contribution in [0.1, 0.15) is 71.1 Å². The Morgan fingerprint density at radius 1 is 0.917 bits per heavy atom. The molecule has 0 heteroatoms. The van der Waals surface area contributed by atoms with Crippen molar-refractivity contribution in [1.82, 2.24) is 0 Å². The van der Waals surface area contributed by atoms with Crippen LogP contribution in [-0.2, 0) is 0 Å². The maximum absolute atomic E-state index is 2.30. The highest BCUT2D eigenvalue weighted by atomic mass is 14.2. The van der Waals surface area contributed by atoms with Gasteiger partial charge >= 0.3 is 0 Å². The maximum atomic E-state index is 2.30. The first kappa shape index (κ1) is 10.1. The fourth-order valence-corrected chi connectivity index (χ4v) is 2.34. The third kappa shape index (κ3) is 4.13. The van der Waals surface area contributed by atoms with Gasteiger partial charge in [0.2, 0.25) is 0 Å². The molecule has 1 aliphatic carbocycles. The monoisotopic (exact) mass is 168 g/mol. The molecule has 1 fully saturated rings. The molecule has 0 radical (unpaired) electrons. The summed E-state index contributed by atoms with van der Waals surface area (Å²) in [7, 11) is 0. The van der Waals surface area contributed by atoms with E-state index in [9.17, 15) is 0 Å². The number of hydrogen-bond acceptors (Lipinski definition) is 0. The SMILES string of the molecule is CCCCCC1CCCCCC1. The Labute approximate surface area is 77.7 Å². The topological polar surface area (TPSA) is 0 Å². The molecule has 0 unspecified atom stereocenters. The highest BCUT2D eigenvalue weighted by molar-refractivity contribution is 4.64. The standard InChI is InChI=1S/C12H24/c1-2-3-6-9-12-10-7-4-5-8-11-12/h12H,2-11H2,1H3. The Morgan fingerprint density at radius 3 is 2.17 bits per heavy atom. The molecule has 0 aromatic rings. The Balaban J connectivity index is 2.04. The van der Waals surface area contributed by atoms with E-state index in [1.54, 1.807) is 0 Å². The van der Waals surface area contributed by atoms with Crippen molar-refractivity contribution in [2.45, 2.75) is 71.1 Å². The molecule has 12 heavy (non-hydrogen) atoms. The predicted molar refractivity (Wildman–Crippen MR) is 55.3 cm³/mol.